The zero-order valence-electron chi connectivity index (χ0n) is 17.4. The first kappa shape index (κ1) is 22.7. The highest BCUT2D eigenvalue weighted by Gasteiger charge is 2.19. The Hall–Kier alpha value is -2.54. The van der Waals surface area contributed by atoms with Gasteiger partial charge in [-0.2, -0.15) is 8.42 Å². The topological polar surface area (TPSA) is 72.9 Å². The van der Waals surface area contributed by atoms with Crippen LogP contribution in [0.5, 0.6) is 11.5 Å². The van der Waals surface area contributed by atoms with Gasteiger partial charge in [-0.3, -0.25) is 4.79 Å². The van der Waals surface area contributed by atoms with Gasteiger partial charge in [0, 0.05) is 18.2 Å². The molecule has 158 valence electrons. The number of hydrogen-bond acceptors (Lipinski definition) is 5. The first-order chi connectivity index (χ1) is 13.7. The van der Waals surface area contributed by atoms with Crippen LogP contribution in [0, 0.1) is 0 Å². The van der Waals surface area contributed by atoms with E-state index in [4.69, 9.17) is 8.92 Å². The van der Waals surface area contributed by atoms with Gasteiger partial charge in [0.05, 0.1) is 12.9 Å². The molecule has 2 rings (SSSR count). The summed E-state index contributed by atoms with van der Waals surface area (Å²) in [6, 6.07) is 13.9. The first-order valence-corrected chi connectivity index (χ1v) is 11.5. The molecular weight excluding hydrogens is 390 g/mol. The highest BCUT2D eigenvalue weighted by atomic mass is 32.2. The molecule has 0 saturated heterocycles. The molecule has 0 bridgehead atoms. The van der Waals surface area contributed by atoms with Crippen molar-refractivity contribution in [3.05, 3.63) is 59.7 Å². The summed E-state index contributed by atoms with van der Waals surface area (Å²) in [6.07, 6.45) is 3.06. The molecule has 0 saturated carbocycles. The minimum atomic E-state index is -3.60. The van der Waals surface area contributed by atoms with E-state index >= 15 is 0 Å². The molecule has 0 aromatic heterocycles. The number of carbonyl (C=O) groups is 1. The maximum absolute atomic E-state index is 13.0. The third kappa shape index (κ3) is 7.42. The fourth-order valence-corrected chi connectivity index (χ4v) is 3.20. The molecule has 29 heavy (non-hydrogen) atoms. The van der Waals surface area contributed by atoms with E-state index in [9.17, 15) is 13.2 Å². The summed E-state index contributed by atoms with van der Waals surface area (Å²) in [6.45, 7) is 6.99. The summed E-state index contributed by atoms with van der Waals surface area (Å²) in [5.74, 6) is 0.876. The number of amides is 1. The van der Waals surface area contributed by atoms with Gasteiger partial charge in [0.1, 0.15) is 11.5 Å². The van der Waals surface area contributed by atoms with Crippen molar-refractivity contribution in [2.45, 2.75) is 46.2 Å². The smallest absolute Gasteiger partial charge is 0.306 e. The molecule has 0 unspecified atom stereocenters. The van der Waals surface area contributed by atoms with Crippen LogP contribution in [0.25, 0.3) is 0 Å². The molecule has 0 aliphatic heterocycles. The first-order valence-electron chi connectivity index (χ1n) is 9.72. The highest BCUT2D eigenvalue weighted by molar-refractivity contribution is 7.86. The largest absolute Gasteiger partial charge is 0.494 e. The molecule has 2 aromatic carbocycles. The van der Waals surface area contributed by atoms with Gasteiger partial charge in [-0.25, -0.2) is 0 Å². The average molecular weight is 420 g/mol. The maximum Gasteiger partial charge on any atom is 0.306 e. The number of nitrogens with zero attached hydrogens (tertiary/aromatic N) is 1. The molecule has 0 aliphatic rings. The lowest BCUT2D eigenvalue weighted by Crippen LogP contribution is -2.36. The number of hydrogen-bond donors (Lipinski definition) is 0. The Morgan fingerprint density at radius 1 is 1.07 bits per heavy atom. The molecule has 0 heterocycles. The van der Waals surface area contributed by atoms with Crippen molar-refractivity contribution in [1.29, 1.82) is 0 Å². The van der Waals surface area contributed by atoms with E-state index in [0.29, 0.717) is 18.7 Å². The van der Waals surface area contributed by atoms with Gasteiger partial charge in [0.15, 0.2) is 0 Å². The lowest BCUT2D eigenvalue weighted by molar-refractivity contribution is 0.0690. The predicted molar refractivity (Wildman–Crippen MR) is 114 cm³/mol. The zero-order valence-corrected chi connectivity index (χ0v) is 18.2. The standard InChI is InChI=1S/C22H29NO5S/c1-5-6-14-27-20-12-10-19(11-13-20)22(24)23(17(2)3)16-18-8-7-9-21(15-18)28-29(4,25)26/h7-13,15,17H,5-6,14,16H2,1-4H3. The van der Waals surface area contributed by atoms with E-state index < -0.39 is 10.1 Å². The van der Waals surface area contributed by atoms with Crippen molar-refractivity contribution in [3.8, 4) is 11.5 Å². The van der Waals surface area contributed by atoms with E-state index in [-0.39, 0.29) is 17.7 Å². The molecule has 0 atom stereocenters. The summed E-state index contributed by atoms with van der Waals surface area (Å²) in [4.78, 5) is 14.8. The quantitative estimate of drug-likeness (QED) is 0.425. The molecular formula is C22H29NO5S. The van der Waals surface area contributed by atoms with E-state index in [1.807, 2.05) is 32.0 Å². The molecule has 0 aliphatic carbocycles. The fourth-order valence-electron chi connectivity index (χ4n) is 2.75. The lowest BCUT2D eigenvalue weighted by Gasteiger charge is -2.27. The van der Waals surface area contributed by atoms with Crippen LogP contribution in [0.15, 0.2) is 48.5 Å². The SMILES string of the molecule is CCCCOc1ccc(C(=O)N(Cc2cccc(OS(C)(=O)=O)c2)C(C)C)cc1. The van der Waals surface area contributed by atoms with E-state index in [0.717, 1.165) is 30.4 Å². The van der Waals surface area contributed by atoms with Crippen LogP contribution in [0.1, 0.15) is 49.5 Å². The van der Waals surface area contributed by atoms with Crippen LogP contribution >= 0.6 is 0 Å². The lowest BCUT2D eigenvalue weighted by atomic mass is 10.1. The van der Waals surface area contributed by atoms with Gasteiger partial charge in [-0.05, 0) is 62.2 Å². The number of carbonyl (C=O) groups excluding carboxylic acids is 1. The molecule has 2 aromatic rings. The number of unbranched alkanes of at least 4 members (excludes halogenated alkanes) is 1. The van der Waals surface area contributed by atoms with Crippen molar-refractivity contribution in [1.82, 2.24) is 4.90 Å². The number of rotatable bonds is 10. The molecule has 1 amide bonds. The average Bonchev–Trinajstić information content (AvgIpc) is 2.65. The number of ether oxygens (including phenoxy) is 1. The summed E-state index contributed by atoms with van der Waals surface area (Å²) in [5, 5.41) is 0. The van der Waals surface area contributed by atoms with Gasteiger partial charge in [0.2, 0.25) is 0 Å². The van der Waals surface area contributed by atoms with E-state index in [1.54, 1.807) is 35.2 Å². The monoisotopic (exact) mass is 419 g/mol. The Kier molecular flexibility index (Phi) is 8.08. The third-order valence-corrected chi connectivity index (χ3v) is 4.75. The maximum atomic E-state index is 13.0. The van der Waals surface area contributed by atoms with E-state index in [1.165, 1.54) is 0 Å². The second kappa shape index (κ2) is 10.3. The van der Waals surface area contributed by atoms with Crippen molar-refractivity contribution in [2.24, 2.45) is 0 Å². The Labute approximate surface area is 173 Å². The normalized spacial score (nSPS) is 11.3. The highest BCUT2D eigenvalue weighted by Crippen LogP contribution is 2.20. The van der Waals surface area contributed by atoms with Gasteiger partial charge >= 0.3 is 10.1 Å². The molecule has 0 spiro atoms. The Bertz CT molecular complexity index is 907. The summed E-state index contributed by atoms with van der Waals surface area (Å²) >= 11 is 0. The van der Waals surface area contributed by atoms with Crippen molar-refractivity contribution in [3.63, 3.8) is 0 Å². The zero-order chi connectivity index (χ0) is 21.4. The van der Waals surface area contributed by atoms with Crippen LogP contribution in [-0.4, -0.2) is 38.1 Å². The Balaban J connectivity index is 2.13. The van der Waals surface area contributed by atoms with Gasteiger partial charge in [0.25, 0.3) is 5.91 Å². The number of benzene rings is 2. The third-order valence-electron chi connectivity index (χ3n) is 4.25. The Morgan fingerprint density at radius 3 is 2.34 bits per heavy atom. The van der Waals surface area contributed by atoms with Crippen molar-refractivity contribution in [2.75, 3.05) is 12.9 Å². The molecule has 0 fully saturated rings. The summed E-state index contributed by atoms with van der Waals surface area (Å²) in [5.41, 5.74) is 1.36. The van der Waals surface area contributed by atoms with Crippen LogP contribution in [0.2, 0.25) is 0 Å². The summed E-state index contributed by atoms with van der Waals surface area (Å²) < 4.78 is 33.3. The van der Waals surface area contributed by atoms with Crippen LogP contribution in [0.3, 0.4) is 0 Å². The molecule has 0 N–H and O–H groups in total. The minimum Gasteiger partial charge on any atom is -0.494 e. The van der Waals surface area contributed by atoms with E-state index in [2.05, 4.69) is 6.92 Å². The predicted octanol–water partition coefficient (Wildman–Crippen LogP) is 4.25. The van der Waals surface area contributed by atoms with Gasteiger partial charge in [-0.15, -0.1) is 0 Å². The van der Waals surface area contributed by atoms with Crippen LogP contribution in [0.4, 0.5) is 0 Å². The molecule has 7 heteroatoms. The second-order valence-electron chi connectivity index (χ2n) is 7.19. The van der Waals surface area contributed by atoms with Crippen LogP contribution in [-0.2, 0) is 16.7 Å². The minimum absolute atomic E-state index is 0.0394. The van der Waals surface area contributed by atoms with Crippen LogP contribution < -0.4 is 8.92 Å². The van der Waals surface area contributed by atoms with Crippen molar-refractivity contribution < 1.29 is 22.1 Å². The van der Waals surface area contributed by atoms with Crippen molar-refractivity contribution >= 4 is 16.0 Å². The fraction of sp³-hybridized carbons (Fsp3) is 0.409. The second-order valence-corrected chi connectivity index (χ2v) is 8.76. The van der Waals surface area contributed by atoms with Gasteiger partial charge < -0.3 is 13.8 Å². The molecule has 0 radical (unpaired) electrons. The molecule has 6 nitrogen and oxygen atoms in total. The summed E-state index contributed by atoms with van der Waals surface area (Å²) in [7, 11) is -3.60. The van der Waals surface area contributed by atoms with Gasteiger partial charge in [-0.1, -0.05) is 25.5 Å². The Morgan fingerprint density at radius 2 is 1.76 bits per heavy atom.